The van der Waals surface area contributed by atoms with E-state index >= 15 is 0 Å². The Bertz CT molecular complexity index is 783. The van der Waals surface area contributed by atoms with Gasteiger partial charge in [-0.25, -0.2) is 0 Å². The summed E-state index contributed by atoms with van der Waals surface area (Å²) in [6.45, 7) is 0.826. The quantitative estimate of drug-likeness (QED) is 0.738. The molecule has 1 aromatic carbocycles. The monoisotopic (exact) mass is 361 g/mol. The molecular weight excluding hydrogens is 350 g/mol. The van der Waals surface area contributed by atoms with Gasteiger partial charge in [-0.3, -0.25) is 0 Å². The van der Waals surface area contributed by atoms with Gasteiger partial charge in [0.1, 0.15) is 0 Å². The molecule has 3 aromatic rings. The van der Waals surface area contributed by atoms with E-state index in [1.165, 1.54) is 11.3 Å². The first kappa shape index (κ1) is 13.0. The van der Waals surface area contributed by atoms with Crippen molar-refractivity contribution in [1.82, 2.24) is 10.1 Å². The summed E-state index contributed by atoms with van der Waals surface area (Å²) < 4.78 is 6.52. The lowest BCUT2D eigenvalue weighted by molar-refractivity contribution is 0.354. The van der Waals surface area contributed by atoms with Gasteiger partial charge in [-0.05, 0) is 40.0 Å². The Labute approximate surface area is 134 Å². The highest BCUT2D eigenvalue weighted by atomic mass is 79.9. The number of thiophene rings is 1. The van der Waals surface area contributed by atoms with Crippen molar-refractivity contribution in [2.75, 3.05) is 11.9 Å². The Morgan fingerprint density at radius 1 is 1.33 bits per heavy atom. The van der Waals surface area contributed by atoms with Gasteiger partial charge in [0.25, 0.3) is 0 Å². The van der Waals surface area contributed by atoms with Crippen LogP contribution in [0.25, 0.3) is 10.7 Å². The molecule has 0 spiro atoms. The van der Waals surface area contributed by atoms with Crippen LogP contribution in [0.3, 0.4) is 0 Å². The summed E-state index contributed by atoms with van der Waals surface area (Å²) in [5.41, 5.74) is 2.50. The van der Waals surface area contributed by atoms with Crippen LogP contribution >= 0.6 is 27.3 Å². The molecule has 0 aliphatic carbocycles. The van der Waals surface area contributed by atoms with Gasteiger partial charge in [-0.2, -0.15) is 4.98 Å². The lowest BCUT2D eigenvalue weighted by Crippen LogP contribution is -2.21. The Morgan fingerprint density at radius 2 is 2.24 bits per heavy atom. The number of nitrogens with one attached hydrogen (secondary N) is 1. The van der Waals surface area contributed by atoms with Crippen molar-refractivity contribution in [2.45, 2.75) is 12.3 Å². The number of hydrogen-bond acceptors (Lipinski definition) is 5. The Hall–Kier alpha value is -1.66. The van der Waals surface area contributed by atoms with Crippen LogP contribution in [-0.4, -0.2) is 16.7 Å². The summed E-state index contributed by atoms with van der Waals surface area (Å²) in [6.07, 6.45) is 0.930. The number of anilines is 1. The number of benzene rings is 1. The Morgan fingerprint density at radius 3 is 3.10 bits per heavy atom. The van der Waals surface area contributed by atoms with Gasteiger partial charge < -0.3 is 9.84 Å². The third-order valence-corrected chi connectivity index (χ3v) is 5.29. The first-order valence-corrected chi connectivity index (χ1v) is 8.36. The molecule has 1 atom stereocenters. The zero-order valence-electron chi connectivity index (χ0n) is 11.0. The minimum Gasteiger partial charge on any atom is -0.384 e. The summed E-state index contributed by atoms with van der Waals surface area (Å²) in [5, 5.41) is 9.56. The molecule has 1 N–H and O–H groups in total. The van der Waals surface area contributed by atoms with Gasteiger partial charge in [-0.15, -0.1) is 11.3 Å². The fourth-order valence-electron chi connectivity index (χ4n) is 2.55. The van der Waals surface area contributed by atoms with E-state index in [-0.39, 0.29) is 5.92 Å². The second-order valence-electron chi connectivity index (χ2n) is 5.02. The van der Waals surface area contributed by atoms with E-state index in [9.17, 15) is 0 Å². The molecule has 1 aliphatic rings. The molecule has 0 bridgehead atoms. The second-order valence-corrected chi connectivity index (χ2v) is 6.85. The standard InChI is InChI=1S/C15H12BrN3OS/c16-11-6-13(21-8-11)14-18-15(20-19-14)10-5-9-3-1-2-4-12(9)17-7-10/h1-4,6,8,10,17H,5,7H2. The fourth-order valence-corrected chi connectivity index (χ4v) is 3.90. The van der Waals surface area contributed by atoms with Crippen molar-refractivity contribution < 1.29 is 4.52 Å². The van der Waals surface area contributed by atoms with E-state index in [4.69, 9.17) is 4.52 Å². The minimum atomic E-state index is 0.226. The van der Waals surface area contributed by atoms with Crippen LogP contribution in [0.4, 0.5) is 5.69 Å². The first-order valence-electron chi connectivity index (χ1n) is 6.69. The highest BCUT2D eigenvalue weighted by Gasteiger charge is 2.25. The lowest BCUT2D eigenvalue weighted by Gasteiger charge is -2.23. The molecule has 0 fully saturated rings. The summed E-state index contributed by atoms with van der Waals surface area (Å²) >= 11 is 5.05. The normalized spacial score (nSPS) is 17.3. The molecule has 0 radical (unpaired) electrons. The summed E-state index contributed by atoms with van der Waals surface area (Å²) in [5.74, 6) is 1.60. The first-order chi connectivity index (χ1) is 10.3. The van der Waals surface area contributed by atoms with Gasteiger partial charge in [-0.1, -0.05) is 23.4 Å². The van der Waals surface area contributed by atoms with Crippen LogP contribution in [0.15, 0.2) is 44.7 Å². The van der Waals surface area contributed by atoms with E-state index in [2.05, 4.69) is 49.6 Å². The fraction of sp³-hybridized carbons (Fsp3) is 0.200. The number of para-hydroxylation sites is 1. The summed E-state index contributed by atoms with van der Waals surface area (Å²) in [6, 6.07) is 10.4. The maximum absolute atomic E-state index is 5.47. The van der Waals surface area contributed by atoms with E-state index in [0.29, 0.717) is 11.7 Å². The molecular formula is C15H12BrN3OS. The highest BCUT2D eigenvalue weighted by Crippen LogP contribution is 2.32. The van der Waals surface area contributed by atoms with Gasteiger partial charge in [0.2, 0.25) is 11.7 Å². The van der Waals surface area contributed by atoms with Crippen molar-refractivity contribution in [2.24, 2.45) is 0 Å². The molecule has 3 heterocycles. The average molecular weight is 362 g/mol. The van der Waals surface area contributed by atoms with Gasteiger partial charge in [0.05, 0.1) is 10.8 Å². The molecule has 0 saturated heterocycles. The molecule has 1 unspecified atom stereocenters. The predicted octanol–water partition coefficient (Wildman–Crippen LogP) is 4.31. The molecule has 21 heavy (non-hydrogen) atoms. The van der Waals surface area contributed by atoms with Crippen LogP contribution in [0, 0.1) is 0 Å². The highest BCUT2D eigenvalue weighted by molar-refractivity contribution is 9.10. The molecule has 4 nitrogen and oxygen atoms in total. The third-order valence-electron chi connectivity index (χ3n) is 3.60. The lowest BCUT2D eigenvalue weighted by atomic mass is 9.94. The second kappa shape index (κ2) is 5.27. The van der Waals surface area contributed by atoms with Crippen molar-refractivity contribution >= 4 is 33.0 Å². The SMILES string of the molecule is Brc1csc(-c2noc(C3CNc4ccccc4C3)n2)c1. The molecule has 2 aromatic heterocycles. The van der Waals surface area contributed by atoms with Crippen LogP contribution in [-0.2, 0) is 6.42 Å². The van der Waals surface area contributed by atoms with Crippen molar-refractivity contribution in [3.8, 4) is 10.7 Å². The van der Waals surface area contributed by atoms with Gasteiger partial charge in [0, 0.05) is 22.1 Å². The van der Waals surface area contributed by atoms with E-state index in [1.54, 1.807) is 11.3 Å². The average Bonchev–Trinajstić information content (AvgIpc) is 3.15. The number of rotatable bonds is 2. The topological polar surface area (TPSA) is 51.0 Å². The number of hydrogen-bond donors (Lipinski definition) is 1. The molecule has 4 rings (SSSR count). The molecule has 0 amide bonds. The number of nitrogens with zero attached hydrogens (tertiary/aromatic N) is 2. The van der Waals surface area contributed by atoms with Crippen LogP contribution in [0.1, 0.15) is 17.4 Å². The summed E-state index contributed by atoms with van der Waals surface area (Å²) in [4.78, 5) is 5.58. The largest absolute Gasteiger partial charge is 0.384 e. The summed E-state index contributed by atoms with van der Waals surface area (Å²) in [7, 11) is 0. The molecule has 0 saturated carbocycles. The predicted molar refractivity (Wildman–Crippen MR) is 86.7 cm³/mol. The zero-order chi connectivity index (χ0) is 14.2. The Kier molecular flexibility index (Phi) is 3.27. The van der Waals surface area contributed by atoms with Crippen molar-refractivity contribution in [3.63, 3.8) is 0 Å². The smallest absolute Gasteiger partial charge is 0.232 e. The van der Waals surface area contributed by atoms with E-state index in [0.717, 1.165) is 22.3 Å². The minimum absolute atomic E-state index is 0.226. The zero-order valence-corrected chi connectivity index (χ0v) is 13.4. The molecule has 106 valence electrons. The maximum atomic E-state index is 5.47. The number of fused-ring (bicyclic) bond motifs is 1. The van der Waals surface area contributed by atoms with Crippen LogP contribution in [0.2, 0.25) is 0 Å². The van der Waals surface area contributed by atoms with Crippen LogP contribution < -0.4 is 5.32 Å². The van der Waals surface area contributed by atoms with Gasteiger partial charge >= 0.3 is 0 Å². The van der Waals surface area contributed by atoms with E-state index < -0.39 is 0 Å². The maximum Gasteiger partial charge on any atom is 0.232 e. The molecule has 6 heteroatoms. The van der Waals surface area contributed by atoms with Crippen LogP contribution in [0.5, 0.6) is 0 Å². The molecule has 1 aliphatic heterocycles. The van der Waals surface area contributed by atoms with Crippen molar-refractivity contribution in [3.05, 3.63) is 51.6 Å². The Balaban J connectivity index is 1.60. The number of aromatic nitrogens is 2. The van der Waals surface area contributed by atoms with Crippen molar-refractivity contribution in [1.29, 1.82) is 0 Å². The number of halogens is 1. The third kappa shape index (κ3) is 2.49. The van der Waals surface area contributed by atoms with E-state index in [1.807, 2.05) is 17.5 Å². The van der Waals surface area contributed by atoms with Gasteiger partial charge in [0.15, 0.2) is 0 Å².